The number of rotatable bonds is 1. The Morgan fingerprint density at radius 2 is 1.89 bits per heavy atom. The summed E-state index contributed by atoms with van der Waals surface area (Å²) in [5.41, 5.74) is 5.72. The second-order valence-electron chi connectivity index (χ2n) is 3.81. The number of fused-ring (bicyclic) bond motifs is 1. The van der Waals surface area contributed by atoms with Crippen molar-refractivity contribution in [2.75, 3.05) is 5.73 Å². The first-order chi connectivity index (χ1) is 8.68. The van der Waals surface area contributed by atoms with Gasteiger partial charge in [-0.05, 0) is 12.1 Å². The number of para-hydroxylation sites is 1. The molecule has 0 unspecified atom stereocenters. The quantitative estimate of drug-likeness (QED) is 0.691. The molecule has 2 aromatic heterocycles. The molecular weight excluding hydrogens is 250 g/mol. The lowest BCUT2D eigenvalue weighted by molar-refractivity contribution is 0.803. The topological polar surface area (TPSA) is 80.9 Å². The van der Waals surface area contributed by atoms with Crippen LogP contribution in [0.3, 0.4) is 0 Å². The van der Waals surface area contributed by atoms with Gasteiger partial charge in [-0.1, -0.05) is 18.2 Å². The molecule has 0 atom stereocenters. The van der Waals surface area contributed by atoms with Crippen LogP contribution in [0.5, 0.6) is 0 Å². The third kappa shape index (κ3) is 1.46. The Balaban J connectivity index is 2.46. The lowest BCUT2D eigenvalue weighted by Gasteiger charge is -2.05. The van der Waals surface area contributed by atoms with E-state index >= 15 is 0 Å². The highest BCUT2D eigenvalue weighted by atomic mass is 32.1. The minimum absolute atomic E-state index is 0.285. The van der Waals surface area contributed by atoms with Gasteiger partial charge in [-0.3, -0.25) is 14.7 Å². The molecule has 5 nitrogen and oxygen atoms in total. The van der Waals surface area contributed by atoms with Crippen molar-refractivity contribution in [2.24, 2.45) is 0 Å². The number of nitrogens with one attached hydrogen (secondary N) is 1. The maximum atomic E-state index is 12.3. The molecule has 0 saturated carbocycles. The maximum absolute atomic E-state index is 12.3. The fraction of sp³-hybridized carbons (Fsp3) is 0. The molecule has 0 fully saturated rings. The number of benzene rings is 1. The smallest absolute Gasteiger partial charge is 0.280 e. The first-order valence-electron chi connectivity index (χ1n) is 5.26. The summed E-state index contributed by atoms with van der Waals surface area (Å²) in [6.45, 7) is 0. The second kappa shape index (κ2) is 3.85. The van der Waals surface area contributed by atoms with Crippen molar-refractivity contribution in [2.45, 2.75) is 0 Å². The Morgan fingerprint density at radius 1 is 1.17 bits per heavy atom. The molecule has 3 rings (SSSR count). The van der Waals surface area contributed by atoms with Gasteiger partial charge >= 0.3 is 0 Å². The Morgan fingerprint density at radius 3 is 2.61 bits per heavy atom. The van der Waals surface area contributed by atoms with Crippen LogP contribution in [0.4, 0.5) is 5.00 Å². The average molecular weight is 259 g/mol. The highest BCUT2D eigenvalue weighted by Gasteiger charge is 2.12. The van der Waals surface area contributed by atoms with Gasteiger partial charge in [0, 0.05) is 5.38 Å². The summed E-state index contributed by atoms with van der Waals surface area (Å²) < 4.78 is 1.22. The van der Waals surface area contributed by atoms with Crippen molar-refractivity contribution in [3.63, 3.8) is 0 Å². The summed E-state index contributed by atoms with van der Waals surface area (Å²) in [5.74, 6) is 0. The van der Waals surface area contributed by atoms with Crippen LogP contribution in [0.1, 0.15) is 0 Å². The van der Waals surface area contributed by atoms with E-state index in [1.807, 2.05) is 6.07 Å². The molecule has 0 aliphatic heterocycles. The molecule has 0 aliphatic carbocycles. The van der Waals surface area contributed by atoms with Crippen molar-refractivity contribution < 1.29 is 0 Å². The average Bonchev–Trinajstić information content (AvgIpc) is 2.78. The van der Waals surface area contributed by atoms with Crippen LogP contribution in [-0.2, 0) is 0 Å². The van der Waals surface area contributed by atoms with Crippen LogP contribution in [0.15, 0.2) is 45.3 Å². The largest absolute Gasteiger partial charge is 0.390 e. The first-order valence-corrected chi connectivity index (χ1v) is 6.14. The van der Waals surface area contributed by atoms with Crippen LogP contribution in [0.25, 0.3) is 16.5 Å². The fourth-order valence-electron chi connectivity index (χ4n) is 1.84. The molecule has 0 amide bonds. The number of H-pyrrole nitrogens is 1. The maximum Gasteiger partial charge on any atom is 0.280 e. The lowest BCUT2D eigenvalue weighted by Crippen LogP contribution is -2.28. The molecule has 2 heterocycles. The van der Waals surface area contributed by atoms with E-state index in [9.17, 15) is 9.59 Å². The summed E-state index contributed by atoms with van der Waals surface area (Å²) in [4.78, 5) is 24.2. The van der Waals surface area contributed by atoms with Gasteiger partial charge in [-0.15, -0.1) is 11.3 Å². The van der Waals surface area contributed by atoms with Crippen LogP contribution in [0, 0.1) is 0 Å². The molecular formula is C12H9N3O2S. The first kappa shape index (κ1) is 10.8. The molecule has 0 radical (unpaired) electrons. The number of nitrogen functional groups attached to an aromatic ring is 1. The molecule has 3 N–H and O–H groups in total. The van der Waals surface area contributed by atoms with Crippen LogP contribution >= 0.6 is 11.3 Å². The Bertz CT molecular complexity index is 830. The zero-order valence-electron chi connectivity index (χ0n) is 9.21. The number of hydrogen-bond acceptors (Lipinski definition) is 4. The van der Waals surface area contributed by atoms with Crippen LogP contribution in [0.2, 0.25) is 0 Å². The standard InChI is InChI=1S/C12H9N3O2S/c13-10-9-8(6-18-10)11(16)14-15(12(9)17)7-4-2-1-3-5-7/h1-6H,13H2,(H,14,16). The Labute approximate surface area is 105 Å². The van der Waals surface area contributed by atoms with Gasteiger partial charge in [0.1, 0.15) is 0 Å². The third-order valence-electron chi connectivity index (χ3n) is 2.71. The zero-order chi connectivity index (χ0) is 12.7. The molecule has 0 bridgehead atoms. The van der Waals surface area contributed by atoms with E-state index in [4.69, 9.17) is 5.73 Å². The lowest BCUT2D eigenvalue weighted by atomic mass is 10.3. The van der Waals surface area contributed by atoms with Crippen molar-refractivity contribution in [3.05, 3.63) is 56.4 Å². The SMILES string of the molecule is Nc1scc2c(=O)[nH]n(-c3ccccc3)c(=O)c12. The van der Waals surface area contributed by atoms with Crippen molar-refractivity contribution in [1.29, 1.82) is 0 Å². The Kier molecular flexibility index (Phi) is 2.31. The number of aromatic amines is 1. The van der Waals surface area contributed by atoms with Gasteiger partial charge in [0.25, 0.3) is 11.1 Å². The second-order valence-corrected chi connectivity index (χ2v) is 4.72. The van der Waals surface area contributed by atoms with E-state index in [0.29, 0.717) is 16.1 Å². The number of nitrogens with zero attached hydrogens (tertiary/aromatic N) is 1. The molecule has 90 valence electrons. The van der Waals surface area contributed by atoms with Crippen LogP contribution in [-0.4, -0.2) is 9.78 Å². The van der Waals surface area contributed by atoms with Gasteiger partial charge in [0.15, 0.2) is 0 Å². The summed E-state index contributed by atoms with van der Waals surface area (Å²) in [5, 5.41) is 5.14. The minimum Gasteiger partial charge on any atom is -0.390 e. The van der Waals surface area contributed by atoms with Crippen molar-refractivity contribution in [3.8, 4) is 5.69 Å². The highest BCUT2D eigenvalue weighted by molar-refractivity contribution is 7.15. The monoisotopic (exact) mass is 259 g/mol. The van der Waals surface area contributed by atoms with E-state index in [0.717, 1.165) is 0 Å². The van der Waals surface area contributed by atoms with Crippen molar-refractivity contribution >= 4 is 27.1 Å². The van der Waals surface area contributed by atoms with Gasteiger partial charge in [0.05, 0.1) is 21.5 Å². The van der Waals surface area contributed by atoms with Gasteiger partial charge in [-0.2, -0.15) is 0 Å². The summed E-state index contributed by atoms with van der Waals surface area (Å²) in [7, 11) is 0. The number of nitrogens with two attached hydrogens (primary N) is 1. The normalized spacial score (nSPS) is 10.9. The van der Waals surface area contributed by atoms with Gasteiger partial charge < -0.3 is 5.73 Å². The van der Waals surface area contributed by atoms with E-state index in [1.165, 1.54) is 16.0 Å². The Hall–Kier alpha value is -2.34. The summed E-state index contributed by atoms with van der Waals surface area (Å²) >= 11 is 1.19. The van der Waals surface area contributed by atoms with Gasteiger partial charge in [0.2, 0.25) is 0 Å². The number of thiophene rings is 1. The zero-order valence-corrected chi connectivity index (χ0v) is 10.0. The van der Waals surface area contributed by atoms with E-state index in [2.05, 4.69) is 5.10 Å². The predicted octanol–water partition coefficient (Wildman–Crippen LogP) is 1.32. The summed E-state index contributed by atoms with van der Waals surface area (Å²) in [6, 6.07) is 8.91. The molecule has 6 heteroatoms. The van der Waals surface area contributed by atoms with Crippen LogP contribution < -0.4 is 16.9 Å². The molecule has 0 spiro atoms. The third-order valence-corrected chi connectivity index (χ3v) is 3.52. The van der Waals surface area contributed by atoms with E-state index in [-0.39, 0.29) is 16.5 Å². The fourth-order valence-corrected chi connectivity index (χ4v) is 2.63. The summed E-state index contributed by atoms with van der Waals surface area (Å²) in [6.07, 6.45) is 0. The minimum atomic E-state index is -0.318. The predicted molar refractivity (Wildman–Crippen MR) is 72.5 cm³/mol. The van der Waals surface area contributed by atoms with E-state index in [1.54, 1.807) is 29.6 Å². The molecule has 0 saturated heterocycles. The highest BCUT2D eigenvalue weighted by Crippen LogP contribution is 2.22. The molecule has 0 aliphatic rings. The molecule has 18 heavy (non-hydrogen) atoms. The number of aromatic nitrogens is 2. The van der Waals surface area contributed by atoms with E-state index < -0.39 is 0 Å². The molecule has 3 aromatic rings. The van der Waals surface area contributed by atoms with Crippen molar-refractivity contribution in [1.82, 2.24) is 9.78 Å². The number of hydrogen-bond donors (Lipinski definition) is 2. The molecule has 1 aromatic carbocycles. The van der Waals surface area contributed by atoms with Gasteiger partial charge in [-0.25, -0.2) is 4.68 Å². The number of anilines is 1.